The topological polar surface area (TPSA) is 55.2 Å². The van der Waals surface area contributed by atoms with Gasteiger partial charge in [0, 0.05) is 29.2 Å². The Balaban J connectivity index is 2.09. The van der Waals surface area contributed by atoms with Gasteiger partial charge in [0.25, 0.3) is 5.69 Å². The van der Waals surface area contributed by atoms with E-state index in [1.165, 1.54) is 11.6 Å². The summed E-state index contributed by atoms with van der Waals surface area (Å²) < 4.78 is 0. The zero-order valence-electron chi connectivity index (χ0n) is 12.0. The largest absolute Gasteiger partial charge is 0.306 e. The maximum Gasteiger partial charge on any atom is 0.275 e. The van der Waals surface area contributed by atoms with Crippen LogP contribution in [0.2, 0.25) is 5.02 Å². The van der Waals surface area contributed by atoms with Crippen LogP contribution in [-0.2, 0) is 6.54 Å². The van der Waals surface area contributed by atoms with Gasteiger partial charge in [-0.05, 0) is 31.5 Å². The molecule has 1 N–H and O–H groups in total. The van der Waals surface area contributed by atoms with Crippen molar-refractivity contribution in [3.05, 3.63) is 74.3 Å². The van der Waals surface area contributed by atoms with E-state index in [1.54, 1.807) is 12.1 Å². The highest BCUT2D eigenvalue weighted by Crippen LogP contribution is 2.24. The number of halogens is 1. The molecular weight excluding hydrogens is 288 g/mol. The number of benzene rings is 2. The Labute approximate surface area is 128 Å². The summed E-state index contributed by atoms with van der Waals surface area (Å²) in [6, 6.07) is 13.1. The van der Waals surface area contributed by atoms with Crippen LogP contribution in [0.15, 0.2) is 42.5 Å². The summed E-state index contributed by atoms with van der Waals surface area (Å²) in [6.07, 6.45) is 0. The fraction of sp³-hybridized carbons (Fsp3) is 0.250. The molecule has 110 valence electrons. The molecule has 5 heteroatoms. The first kappa shape index (κ1) is 15.5. The van der Waals surface area contributed by atoms with Gasteiger partial charge in [-0.25, -0.2) is 0 Å². The maximum atomic E-state index is 11.0. The van der Waals surface area contributed by atoms with Gasteiger partial charge in [-0.3, -0.25) is 10.1 Å². The summed E-state index contributed by atoms with van der Waals surface area (Å²) >= 11 is 5.81. The molecule has 2 rings (SSSR count). The fourth-order valence-corrected chi connectivity index (χ4v) is 2.26. The molecule has 0 aliphatic heterocycles. The number of nitrogens with zero attached hydrogens (tertiary/aromatic N) is 1. The second-order valence-corrected chi connectivity index (χ2v) is 5.48. The lowest BCUT2D eigenvalue weighted by Gasteiger charge is -2.14. The normalized spacial score (nSPS) is 12.1. The lowest BCUT2D eigenvalue weighted by Crippen LogP contribution is -2.18. The van der Waals surface area contributed by atoms with Crippen molar-refractivity contribution in [3.8, 4) is 0 Å². The van der Waals surface area contributed by atoms with Crippen LogP contribution < -0.4 is 5.32 Å². The van der Waals surface area contributed by atoms with Crippen LogP contribution in [-0.4, -0.2) is 4.92 Å². The number of nitro benzene ring substituents is 1. The summed E-state index contributed by atoms with van der Waals surface area (Å²) in [5.41, 5.74) is 3.03. The molecule has 0 saturated heterocycles. The van der Waals surface area contributed by atoms with Crippen LogP contribution in [0.5, 0.6) is 0 Å². The maximum absolute atomic E-state index is 11.0. The summed E-state index contributed by atoms with van der Waals surface area (Å²) in [6.45, 7) is 4.49. The van der Waals surface area contributed by atoms with E-state index in [9.17, 15) is 10.1 Å². The van der Waals surface area contributed by atoms with Crippen molar-refractivity contribution in [2.24, 2.45) is 0 Å². The van der Waals surface area contributed by atoms with Gasteiger partial charge >= 0.3 is 0 Å². The summed E-state index contributed by atoms with van der Waals surface area (Å²) in [5.74, 6) is 0. The highest BCUT2D eigenvalue weighted by Gasteiger charge is 2.15. The van der Waals surface area contributed by atoms with E-state index in [2.05, 4.69) is 29.6 Å². The standard InChI is InChI=1S/C16H17ClN2O2/c1-11-3-5-13(6-4-11)12(2)18-10-14-7-8-15(17)9-16(14)19(20)21/h3-9,12,18H,10H2,1-2H3/t12-/m1/s1. The van der Waals surface area contributed by atoms with Gasteiger partial charge in [0.15, 0.2) is 0 Å². The first-order valence-electron chi connectivity index (χ1n) is 6.70. The van der Waals surface area contributed by atoms with Crippen LogP contribution >= 0.6 is 11.6 Å². The molecule has 0 heterocycles. The van der Waals surface area contributed by atoms with Gasteiger partial charge in [0.05, 0.1) is 4.92 Å². The van der Waals surface area contributed by atoms with E-state index in [0.717, 1.165) is 5.56 Å². The molecule has 0 radical (unpaired) electrons. The summed E-state index contributed by atoms with van der Waals surface area (Å²) in [4.78, 5) is 10.6. The molecule has 0 unspecified atom stereocenters. The van der Waals surface area contributed by atoms with Gasteiger partial charge in [-0.1, -0.05) is 41.4 Å². The van der Waals surface area contributed by atoms with Crippen molar-refractivity contribution in [1.82, 2.24) is 5.32 Å². The van der Waals surface area contributed by atoms with Crippen molar-refractivity contribution in [2.45, 2.75) is 26.4 Å². The molecule has 0 spiro atoms. The third-order valence-electron chi connectivity index (χ3n) is 3.42. The van der Waals surface area contributed by atoms with Crippen molar-refractivity contribution in [2.75, 3.05) is 0 Å². The minimum absolute atomic E-state index is 0.0473. The summed E-state index contributed by atoms with van der Waals surface area (Å²) in [7, 11) is 0. The van der Waals surface area contributed by atoms with Crippen molar-refractivity contribution in [3.63, 3.8) is 0 Å². The van der Waals surface area contributed by atoms with Crippen molar-refractivity contribution < 1.29 is 4.92 Å². The molecule has 2 aromatic carbocycles. The minimum atomic E-state index is -0.403. The fourth-order valence-electron chi connectivity index (χ4n) is 2.09. The second-order valence-electron chi connectivity index (χ2n) is 5.04. The average Bonchev–Trinajstić information content (AvgIpc) is 2.46. The van der Waals surface area contributed by atoms with Gasteiger partial charge in [-0.2, -0.15) is 0 Å². The third-order valence-corrected chi connectivity index (χ3v) is 3.66. The Morgan fingerprint density at radius 2 is 1.90 bits per heavy atom. The van der Waals surface area contributed by atoms with E-state index >= 15 is 0 Å². The highest BCUT2D eigenvalue weighted by atomic mass is 35.5. The number of aryl methyl sites for hydroxylation is 1. The molecule has 21 heavy (non-hydrogen) atoms. The Hall–Kier alpha value is -1.91. The van der Waals surface area contributed by atoms with Crippen LogP contribution in [0.25, 0.3) is 0 Å². The van der Waals surface area contributed by atoms with Crippen LogP contribution in [0.4, 0.5) is 5.69 Å². The molecule has 0 aromatic heterocycles. The van der Waals surface area contributed by atoms with E-state index in [-0.39, 0.29) is 11.7 Å². The number of rotatable bonds is 5. The molecule has 0 saturated carbocycles. The van der Waals surface area contributed by atoms with Crippen molar-refractivity contribution >= 4 is 17.3 Å². The Bertz CT molecular complexity index is 641. The SMILES string of the molecule is Cc1ccc([C@@H](C)NCc2ccc(Cl)cc2[N+](=O)[O-])cc1. The Kier molecular flexibility index (Phi) is 4.94. The van der Waals surface area contributed by atoms with E-state index in [0.29, 0.717) is 17.1 Å². The predicted molar refractivity (Wildman–Crippen MR) is 84.5 cm³/mol. The molecule has 0 fully saturated rings. The number of hydrogen-bond acceptors (Lipinski definition) is 3. The zero-order valence-corrected chi connectivity index (χ0v) is 12.7. The third kappa shape index (κ3) is 4.03. The number of nitro groups is 1. The van der Waals surface area contributed by atoms with E-state index < -0.39 is 4.92 Å². The Morgan fingerprint density at radius 3 is 2.52 bits per heavy atom. The molecule has 0 amide bonds. The number of nitrogens with one attached hydrogen (secondary N) is 1. The highest BCUT2D eigenvalue weighted by molar-refractivity contribution is 6.30. The van der Waals surface area contributed by atoms with E-state index in [4.69, 9.17) is 11.6 Å². The minimum Gasteiger partial charge on any atom is -0.306 e. The zero-order chi connectivity index (χ0) is 15.4. The summed E-state index contributed by atoms with van der Waals surface area (Å²) in [5, 5.41) is 14.7. The molecule has 1 atom stereocenters. The van der Waals surface area contributed by atoms with Gasteiger partial charge in [0.2, 0.25) is 0 Å². The molecule has 2 aromatic rings. The van der Waals surface area contributed by atoms with Gasteiger partial charge < -0.3 is 5.32 Å². The predicted octanol–water partition coefficient (Wildman–Crippen LogP) is 4.41. The molecular formula is C16H17ClN2O2. The molecule has 0 aliphatic rings. The van der Waals surface area contributed by atoms with Crippen LogP contribution in [0, 0.1) is 17.0 Å². The lowest BCUT2D eigenvalue weighted by atomic mass is 10.1. The second kappa shape index (κ2) is 6.70. The first-order valence-corrected chi connectivity index (χ1v) is 7.08. The van der Waals surface area contributed by atoms with Gasteiger partial charge in [-0.15, -0.1) is 0 Å². The van der Waals surface area contributed by atoms with E-state index in [1.807, 2.05) is 13.8 Å². The van der Waals surface area contributed by atoms with Crippen molar-refractivity contribution in [1.29, 1.82) is 0 Å². The smallest absolute Gasteiger partial charge is 0.275 e. The molecule has 4 nitrogen and oxygen atoms in total. The molecule has 0 bridgehead atoms. The van der Waals surface area contributed by atoms with Gasteiger partial charge in [0.1, 0.15) is 0 Å². The number of hydrogen-bond donors (Lipinski definition) is 1. The first-order chi connectivity index (χ1) is 9.97. The molecule has 0 aliphatic carbocycles. The quantitative estimate of drug-likeness (QED) is 0.657. The monoisotopic (exact) mass is 304 g/mol. The lowest BCUT2D eigenvalue weighted by molar-refractivity contribution is -0.385. The van der Waals surface area contributed by atoms with Crippen LogP contribution in [0.3, 0.4) is 0 Å². The average molecular weight is 305 g/mol. The Morgan fingerprint density at radius 1 is 1.24 bits per heavy atom. The van der Waals surface area contributed by atoms with Crippen LogP contribution in [0.1, 0.15) is 29.7 Å².